The molecular formula is C14H24N2O. The first kappa shape index (κ1) is 14.0. The zero-order valence-electron chi connectivity index (χ0n) is 11.0. The molecule has 0 bridgehead atoms. The smallest absolute Gasteiger partial charge is 0.0641 e. The topological polar surface area (TPSA) is 38.5 Å². The Labute approximate surface area is 105 Å². The van der Waals surface area contributed by atoms with Gasteiger partial charge in [0.2, 0.25) is 0 Å². The van der Waals surface area contributed by atoms with E-state index in [4.69, 9.17) is 10.5 Å². The molecule has 0 atom stereocenters. The van der Waals surface area contributed by atoms with Crippen molar-refractivity contribution in [2.45, 2.75) is 26.8 Å². The zero-order valence-corrected chi connectivity index (χ0v) is 11.0. The van der Waals surface area contributed by atoms with Crippen LogP contribution in [0.15, 0.2) is 24.3 Å². The van der Waals surface area contributed by atoms with Crippen molar-refractivity contribution < 1.29 is 4.74 Å². The number of rotatable bonds is 8. The number of nitrogens with zero attached hydrogens (tertiary/aromatic N) is 1. The molecule has 0 aliphatic carbocycles. The molecule has 2 N–H and O–H groups in total. The molecule has 0 spiro atoms. The summed E-state index contributed by atoms with van der Waals surface area (Å²) in [7, 11) is 0. The maximum absolute atomic E-state index is 5.60. The maximum Gasteiger partial charge on any atom is 0.0641 e. The van der Waals surface area contributed by atoms with Gasteiger partial charge >= 0.3 is 0 Å². The van der Waals surface area contributed by atoms with Crippen LogP contribution in [0.3, 0.4) is 0 Å². The molecule has 1 aromatic carbocycles. The molecule has 0 fully saturated rings. The highest BCUT2D eigenvalue weighted by Crippen LogP contribution is 2.15. The van der Waals surface area contributed by atoms with Crippen molar-refractivity contribution in [2.75, 3.05) is 31.2 Å². The van der Waals surface area contributed by atoms with Gasteiger partial charge in [0, 0.05) is 31.9 Å². The number of nitrogens with two attached hydrogens (primary N) is 1. The average Bonchev–Trinajstić information content (AvgIpc) is 2.38. The Balaban J connectivity index is 2.60. The van der Waals surface area contributed by atoms with Gasteiger partial charge in [-0.25, -0.2) is 0 Å². The summed E-state index contributed by atoms with van der Waals surface area (Å²) in [5, 5.41) is 0. The van der Waals surface area contributed by atoms with Crippen molar-refractivity contribution in [1.29, 1.82) is 0 Å². The second-order valence-corrected chi connectivity index (χ2v) is 4.05. The van der Waals surface area contributed by atoms with Crippen LogP contribution in [-0.4, -0.2) is 26.3 Å². The SMILES string of the molecule is CCCN(CCOCC)c1ccc(CN)cc1. The normalized spacial score (nSPS) is 10.5. The van der Waals surface area contributed by atoms with E-state index >= 15 is 0 Å². The maximum atomic E-state index is 5.60. The van der Waals surface area contributed by atoms with E-state index in [-0.39, 0.29) is 0 Å². The minimum absolute atomic E-state index is 0.604. The van der Waals surface area contributed by atoms with Gasteiger partial charge in [-0.3, -0.25) is 0 Å². The zero-order chi connectivity index (χ0) is 12.5. The second kappa shape index (κ2) is 8.09. The van der Waals surface area contributed by atoms with Crippen LogP contribution in [0.2, 0.25) is 0 Å². The highest BCUT2D eigenvalue weighted by molar-refractivity contribution is 5.47. The first-order valence-electron chi connectivity index (χ1n) is 6.43. The van der Waals surface area contributed by atoms with Crippen LogP contribution in [0.1, 0.15) is 25.8 Å². The van der Waals surface area contributed by atoms with Crippen LogP contribution in [-0.2, 0) is 11.3 Å². The fourth-order valence-electron chi connectivity index (χ4n) is 1.80. The fraction of sp³-hybridized carbons (Fsp3) is 0.571. The molecule has 0 unspecified atom stereocenters. The molecule has 0 heterocycles. The lowest BCUT2D eigenvalue weighted by atomic mass is 10.2. The molecule has 1 rings (SSSR count). The quantitative estimate of drug-likeness (QED) is 0.704. The minimum Gasteiger partial charge on any atom is -0.380 e. The summed E-state index contributed by atoms with van der Waals surface area (Å²) < 4.78 is 5.42. The van der Waals surface area contributed by atoms with E-state index in [1.54, 1.807) is 0 Å². The van der Waals surface area contributed by atoms with E-state index in [0.717, 1.165) is 32.7 Å². The lowest BCUT2D eigenvalue weighted by Gasteiger charge is -2.24. The Morgan fingerprint density at radius 3 is 2.35 bits per heavy atom. The van der Waals surface area contributed by atoms with Crippen molar-refractivity contribution in [3.8, 4) is 0 Å². The predicted octanol–water partition coefficient (Wildman–Crippen LogP) is 2.40. The summed E-state index contributed by atoms with van der Waals surface area (Å²) >= 11 is 0. The van der Waals surface area contributed by atoms with Gasteiger partial charge < -0.3 is 15.4 Å². The molecule has 17 heavy (non-hydrogen) atoms. The molecule has 0 saturated heterocycles. The number of benzene rings is 1. The molecule has 3 heteroatoms. The molecule has 3 nitrogen and oxygen atoms in total. The number of hydrogen-bond acceptors (Lipinski definition) is 3. The van der Waals surface area contributed by atoms with Crippen molar-refractivity contribution in [1.82, 2.24) is 0 Å². The molecule has 0 radical (unpaired) electrons. The Kier molecular flexibility index (Phi) is 6.67. The second-order valence-electron chi connectivity index (χ2n) is 4.05. The van der Waals surface area contributed by atoms with Crippen molar-refractivity contribution >= 4 is 5.69 Å². The van der Waals surface area contributed by atoms with Crippen molar-refractivity contribution in [3.63, 3.8) is 0 Å². The highest BCUT2D eigenvalue weighted by Gasteiger charge is 2.04. The minimum atomic E-state index is 0.604. The monoisotopic (exact) mass is 236 g/mol. The van der Waals surface area contributed by atoms with Crippen LogP contribution in [0.25, 0.3) is 0 Å². The standard InChI is InChI=1S/C14H24N2O/c1-3-9-16(10-11-17-4-2)14-7-5-13(12-15)6-8-14/h5-8H,3-4,9-12,15H2,1-2H3. The van der Waals surface area contributed by atoms with Crippen LogP contribution in [0.5, 0.6) is 0 Å². The van der Waals surface area contributed by atoms with E-state index in [2.05, 4.69) is 36.1 Å². The third kappa shape index (κ3) is 4.75. The van der Waals surface area contributed by atoms with Gasteiger partial charge in [0.05, 0.1) is 6.61 Å². The Bertz CT molecular complexity index is 298. The lowest BCUT2D eigenvalue weighted by Crippen LogP contribution is -2.28. The van der Waals surface area contributed by atoms with Crippen LogP contribution < -0.4 is 10.6 Å². The molecule has 0 amide bonds. The highest BCUT2D eigenvalue weighted by atomic mass is 16.5. The van der Waals surface area contributed by atoms with Crippen LogP contribution in [0, 0.1) is 0 Å². The van der Waals surface area contributed by atoms with E-state index < -0.39 is 0 Å². The molecule has 1 aromatic rings. The van der Waals surface area contributed by atoms with E-state index in [1.807, 2.05) is 6.92 Å². The molecular weight excluding hydrogens is 212 g/mol. The van der Waals surface area contributed by atoms with E-state index in [0.29, 0.717) is 6.54 Å². The first-order chi connectivity index (χ1) is 8.31. The number of hydrogen-bond donors (Lipinski definition) is 1. The van der Waals surface area contributed by atoms with Gasteiger partial charge in [-0.05, 0) is 31.0 Å². The largest absolute Gasteiger partial charge is 0.380 e. The van der Waals surface area contributed by atoms with Crippen LogP contribution >= 0.6 is 0 Å². The Hall–Kier alpha value is -1.06. The summed E-state index contributed by atoms with van der Waals surface area (Å²) in [6.07, 6.45) is 1.14. The molecule has 96 valence electrons. The lowest BCUT2D eigenvalue weighted by molar-refractivity contribution is 0.154. The van der Waals surface area contributed by atoms with Gasteiger partial charge in [0.25, 0.3) is 0 Å². The molecule has 0 aliphatic rings. The third-order valence-corrected chi connectivity index (χ3v) is 2.74. The van der Waals surface area contributed by atoms with E-state index in [9.17, 15) is 0 Å². The molecule has 0 saturated carbocycles. The van der Waals surface area contributed by atoms with Crippen molar-refractivity contribution in [2.24, 2.45) is 5.73 Å². The Morgan fingerprint density at radius 2 is 1.82 bits per heavy atom. The van der Waals surface area contributed by atoms with Gasteiger partial charge in [0.15, 0.2) is 0 Å². The summed E-state index contributed by atoms with van der Waals surface area (Å²) in [6.45, 7) is 8.41. The Morgan fingerprint density at radius 1 is 1.12 bits per heavy atom. The predicted molar refractivity (Wildman–Crippen MR) is 73.3 cm³/mol. The summed E-state index contributed by atoms with van der Waals surface area (Å²) in [4.78, 5) is 2.36. The third-order valence-electron chi connectivity index (χ3n) is 2.74. The van der Waals surface area contributed by atoms with Gasteiger partial charge in [-0.15, -0.1) is 0 Å². The fourth-order valence-corrected chi connectivity index (χ4v) is 1.80. The molecule has 0 aliphatic heterocycles. The van der Waals surface area contributed by atoms with E-state index in [1.165, 1.54) is 11.3 Å². The van der Waals surface area contributed by atoms with Crippen molar-refractivity contribution in [3.05, 3.63) is 29.8 Å². The number of ether oxygens (including phenoxy) is 1. The van der Waals surface area contributed by atoms with Gasteiger partial charge in [-0.1, -0.05) is 19.1 Å². The average molecular weight is 236 g/mol. The molecule has 0 aromatic heterocycles. The first-order valence-corrected chi connectivity index (χ1v) is 6.43. The number of anilines is 1. The van der Waals surface area contributed by atoms with Gasteiger partial charge in [0.1, 0.15) is 0 Å². The summed E-state index contributed by atoms with van der Waals surface area (Å²) in [5.74, 6) is 0. The van der Waals surface area contributed by atoms with Crippen LogP contribution in [0.4, 0.5) is 5.69 Å². The van der Waals surface area contributed by atoms with Gasteiger partial charge in [-0.2, -0.15) is 0 Å². The summed E-state index contributed by atoms with van der Waals surface area (Å²) in [5.41, 5.74) is 8.03. The summed E-state index contributed by atoms with van der Waals surface area (Å²) in [6, 6.07) is 8.48.